The van der Waals surface area contributed by atoms with Gasteiger partial charge in [0.2, 0.25) is 0 Å². The molecule has 0 aliphatic carbocycles. The van der Waals surface area contributed by atoms with Crippen LogP contribution in [0.1, 0.15) is 16.5 Å². The molecule has 2 amide bonds. The lowest BCUT2D eigenvalue weighted by atomic mass is 10.2. The third kappa shape index (κ3) is 3.41. The fourth-order valence-electron chi connectivity index (χ4n) is 1.82. The molecule has 0 spiro atoms. The van der Waals surface area contributed by atoms with Crippen molar-refractivity contribution in [3.8, 4) is 0 Å². The predicted molar refractivity (Wildman–Crippen MR) is 88.5 cm³/mol. The minimum atomic E-state index is -0.690. The normalized spacial score (nSPS) is 12.5. The smallest absolute Gasteiger partial charge is 0.321 e. The van der Waals surface area contributed by atoms with Crippen LogP contribution in [0.25, 0.3) is 9.53 Å². The van der Waals surface area contributed by atoms with Crippen LogP contribution in [0.5, 0.6) is 0 Å². The fourth-order valence-corrected chi connectivity index (χ4v) is 4.54. The largest absolute Gasteiger partial charge is 0.387 e. The van der Waals surface area contributed by atoms with Crippen molar-refractivity contribution in [2.24, 2.45) is 0 Å². The van der Waals surface area contributed by atoms with Crippen molar-refractivity contribution in [1.29, 1.82) is 0 Å². The summed E-state index contributed by atoms with van der Waals surface area (Å²) in [5, 5.41) is 19.5. The number of urea groups is 1. The summed E-state index contributed by atoms with van der Waals surface area (Å²) < 4.78 is 1.08. The molecule has 8 heteroatoms. The number of amides is 2. The van der Waals surface area contributed by atoms with Gasteiger partial charge in [0, 0.05) is 11.4 Å². The average Bonchev–Trinajstić information content (AvgIpc) is 3.11. The Morgan fingerprint density at radius 2 is 2.33 bits per heavy atom. The number of anilines is 1. The lowest BCUT2D eigenvalue weighted by Gasteiger charge is -2.10. The van der Waals surface area contributed by atoms with E-state index in [4.69, 9.17) is 0 Å². The summed E-state index contributed by atoms with van der Waals surface area (Å²) in [5.74, 6) is 0. The molecule has 3 aromatic heterocycles. The van der Waals surface area contributed by atoms with E-state index in [2.05, 4.69) is 21.7 Å². The molecule has 3 rings (SSSR count). The number of carbonyl (C=O) groups is 1. The second-order valence-corrected chi connectivity index (χ2v) is 7.50. The van der Waals surface area contributed by atoms with Gasteiger partial charge in [-0.15, -0.1) is 11.3 Å². The first-order valence-corrected chi connectivity index (χ1v) is 8.81. The number of aliphatic hydroxyl groups is 1. The zero-order valence-corrected chi connectivity index (χ0v) is 13.6. The molecule has 110 valence electrons. The highest BCUT2D eigenvalue weighted by molar-refractivity contribution is 7.29. The molecule has 0 unspecified atom stereocenters. The maximum absolute atomic E-state index is 11.8. The minimum Gasteiger partial charge on any atom is -0.387 e. The molecule has 1 atom stereocenters. The summed E-state index contributed by atoms with van der Waals surface area (Å²) in [5.41, 5.74) is 0.811. The van der Waals surface area contributed by atoms with Crippen molar-refractivity contribution in [2.45, 2.75) is 13.0 Å². The molecular formula is C13H13N3O2S3. The van der Waals surface area contributed by atoms with E-state index in [9.17, 15) is 9.90 Å². The Morgan fingerprint density at radius 1 is 1.48 bits per heavy atom. The predicted octanol–water partition coefficient (Wildman–Crippen LogP) is 3.58. The van der Waals surface area contributed by atoms with E-state index in [1.54, 1.807) is 11.3 Å². The highest BCUT2D eigenvalue weighted by Crippen LogP contribution is 2.32. The zero-order valence-electron chi connectivity index (χ0n) is 11.1. The number of aryl methyl sites for hydroxylation is 1. The van der Waals surface area contributed by atoms with Gasteiger partial charge in [-0.1, -0.05) is 11.3 Å². The second kappa shape index (κ2) is 6.10. The van der Waals surface area contributed by atoms with Crippen LogP contribution in [0, 0.1) is 6.92 Å². The maximum Gasteiger partial charge on any atom is 0.321 e. The van der Waals surface area contributed by atoms with Gasteiger partial charge in [-0.05, 0) is 35.4 Å². The number of thiophene rings is 2. The van der Waals surface area contributed by atoms with Crippen molar-refractivity contribution in [2.75, 3.05) is 11.9 Å². The van der Waals surface area contributed by atoms with Crippen LogP contribution in [0.3, 0.4) is 0 Å². The molecule has 0 aliphatic rings. The molecular weight excluding hydrogens is 326 g/mol. The monoisotopic (exact) mass is 339 g/mol. The standard InChI is InChI=1S/C13H13N3O2S3/c1-7-4-10-11(20-7)15-13(21-10)16-12(18)14-5-9(17)8-2-3-19-6-8/h2-4,6,9,17H,5H2,1H3,(H2,14,15,16,18)/t9-/m0/s1. The van der Waals surface area contributed by atoms with Gasteiger partial charge in [-0.2, -0.15) is 11.3 Å². The Bertz CT molecular complexity index is 716. The first-order valence-electron chi connectivity index (χ1n) is 6.24. The Labute approximate surface area is 133 Å². The highest BCUT2D eigenvalue weighted by Gasteiger charge is 2.12. The number of rotatable bonds is 4. The number of thiazole rings is 1. The first kappa shape index (κ1) is 14.5. The van der Waals surface area contributed by atoms with Gasteiger partial charge in [0.1, 0.15) is 4.83 Å². The van der Waals surface area contributed by atoms with E-state index >= 15 is 0 Å². The number of fused-ring (bicyclic) bond motifs is 1. The van der Waals surface area contributed by atoms with Gasteiger partial charge in [0.05, 0.1) is 10.8 Å². The van der Waals surface area contributed by atoms with Crippen LogP contribution >= 0.6 is 34.0 Å². The molecule has 0 aliphatic heterocycles. The van der Waals surface area contributed by atoms with Gasteiger partial charge in [0.15, 0.2) is 5.13 Å². The van der Waals surface area contributed by atoms with Crippen molar-refractivity contribution in [3.63, 3.8) is 0 Å². The molecule has 0 saturated carbocycles. The lowest BCUT2D eigenvalue weighted by molar-refractivity contribution is 0.175. The molecule has 0 fully saturated rings. The summed E-state index contributed by atoms with van der Waals surface area (Å²) in [6.07, 6.45) is -0.690. The molecule has 0 aromatic carbocycles. The van der Waals surface area contributed by atoms with Crippen LogP contribution in [0.15, 0.2) is 22.9 Å². The third-order valence-corrected chi connectivity index (χ3v) is 5.51. The SMILES string of the molecule is Cc1cc2sc(NC(=O)NC[C@H](O)c3ccsc3)nc2s1. The lowest BCUT2D eigenvalue weighted by Crippen LogP contribution is -2.32. The van der Waals surface area contributed by atoms with Crippen LogP contribution in [-0.4, -0.2) is 22.7 Å². The van der Waals surface area contributed by atoms with E-state index < -0.39 is 6.10 Å². The van der Waals surface area contributed by atoms with E-state index in [0.717, 1.165) is 15.1 Å². The quantitative estimate of drug-likeness (QED) is 0.680. The van der Waals surface area contributed by atoms with Crippen LogP contribution in [-0.2, 0) is 0 Å². The average molecular weight is 339 g/mol. The van der Waals surface area contributed by atoms with E-state index in [1.165, 1.54) is 27.6 Å². The Morgan fingerprint density at radius 3 is 3.05 bits per heavy atom. The molecule has 0 saturated heterocycles. The number of nitrogens with zero attached hydrogens (tertiary/aromatic N) is 1. The van der Waals surface area contributed by atoms with Gasteiger partial charge in [-0.25, -0.2) is 9.78 Å². The summed E-state index contributed by atoms with van der Waals surface area (Å²) >= 11 is 4.56. The molecule has 0 radical (unpaired) electrons. The summed E-state index contributed by atoms with van der Waals surface area (Å²) in [6, 6.07) is 3.54. The summed E-state index contributed by atoms with van der Waals surface area (Å²) in [7, 11) is 0. The number of carbonyl (C=O) groups excluding carboxylic acids is 1. The van der Waals surface area contributed by atoms with Gasteiger partial charge >= 0.3 is 6.03 Å². The number of aromatic nitrogens is 1. The molecule has 3 heterocycles. The fraction of sp³-hybridized carbons (Fsp3) is 0.231. The van der Waals surface area contributed by atoms with Crippen molar-refractivity contribution in [3.05, 3.63) is 33.3 Å². The van der Waals surface area contributed by atoms with Crippen molar-refractivity contribution >= 4 is 54.7 Å². The topological polar surface area (TPSA) is 74.2 Å². The zero-order chi connectivity index (χ0) is 14.8. The van der Waals surface area contributed by atoms with Gasteiger partial charge in [0.25, 0.3) is 0 Å². The van der Waals surface area contributed by atoms with Crippen LogP contribution in [0.2, 0.25) is 0 Å². The molecule has 21 heavy (non-hydrogen) atoms. The van der Waals surface area contributed by atoms with E-state index in [0.29, 0.717) is 5.13 Å². The van der Waals surface area contributed by atoms with Crippen LogP contribution in [0.4, 0.5) is 9.93 Å². The highest BCUT2D eigenvalue weighted by atomic mass is 32.1. The maximum atomic E-state index is 11.8. The number of hydrogen-bond acceptors (Lipinski definition) is 6. The number of aliphatic hydroxyl groups excluding tert-OH is 1. The Kier molecular flexibility index (Phi) is 4.20. The molecule has 0 bridgehead atoms. The molecule has 3 aromatic rings. The second-order valence-electron chi connectivity index (χ2n) is 4.45. The molecule has 5 nitrogen and oxygen atoms in total. The molecule has 3 N–H and O–H groups in total. The van der Waals surface area contributed by atoms with Crippen molar-refractivity contribution < 1.29 is 9.90 Å². The minimum absolute atomic E-state index is 0.168. The van der Waals surface area contributed by atoms with Crippen molar-refractivity contribution in [1.82, 2.24) is 10.3 Å². The first-order chi connectivity index (χ1) is 10.1. The number of hydrogen-bond donors (Lipinski definition) is 3. The third-order valence-electron chi connectivity index (χ3n) is 2.82. The van der Waals surface area contributed by atoms with Gasteiger partial charge < -0.3 is 10.4 Å². The van der Waals surface area contributed by atoms with E-state index in [-0.39, 0.29) is 12.6 Å². The van der Waals surface area contributed by atoms with Gasteiger partial charge in [-0.3, -0.25) is 5.32 Å². The van der Waals surface area contributed by atoms with Crippen LogP contribution < -0.4 is 10.6 Å². The Balaban J connectivity index is 1.55. The summed E-state index contributed by atoms with van der Waals surface area (Å²) in [4.78, 5) is 18.3. The summed E-state index contributed by atoms with van der Waals surface area (Å²) in [6.45, 7) is 2.20. The Hall–Kier alpha value is -1.48. The van der Waals surface area contributed by atoms with E-state index in [1.807, 2.05) is 23.8 Å². The number of nitrogens with one attached hydrogen (secondary N) is 2.